The fraction of sp³-hybridized carbons (Fsp3) is 0.240. The van der Waals surface area contributed by atoms with Crippen molar-refractivity contribution in [3.05, 3.63) is 90.0 Å². The molecule has 0 saturated heterocycles. The molecule has 6 N–H and O–H groups in total. The molecule has 8 nitrogen and oxygen atoms in total. The minimum Gasteiger partial charge on any atom is -0.388 e. The number of phosphoric acid groups is 1. The Hall–Kier alpha value is -2.84. The molecule has 0 aliphatic carbocycles. The highest BCUT2D eigenvalue weighted by Crippen LogP contribution is 2.36. The second-order valence-corrected chi connectivity index (χ2v) is 9.61. The molecule has 3 aromatic rings. The summed E-state index contributed by atoms with van der Waals surface area (Å²) < 4.78 is 15.2. The van der Waals surface area contributed by atoms with Gasteiger partial charge in [0.15, 0.2) is 0 Å². The van der Waals surface area contributed by atoms with Gasteiger partial charge < -0.3 is 25.9 Å². The number of hydrogen-bond donors (Lipinski definition) is 5. The van der Waals surface area contributed by atoms with Crippen molar-refractivity contribution in [1.82, 2.24) is 0 Å². The van der Waals surface area contributed by atoms with E-state index in [1.54, 1.807) is 24.3 Å². The molecule has 0 bridgehead atoms. The number of hydrogen-bond acceptors (Lipinski definition) is 5. The number of rotatable bonds is 10. The van der Waals surface area contributed by atoms with Gasteiger partial charge >= 0.3 is 7.82 Å². The molecule has 180 valence electrons. The Labute approximate surface area is 198 Å². The maximum Gasteiger partial charge on any atom is 0.469 e. The van der Waals surface area contributed by atoms with Gasteiger partial charge in [-0.3, -0.25) is 9.32 Å². The van der Waals surface area contributed by atoms with Crippen LogP contribution in [0.15, 0.2) is 78.9 Å². The Morgan fingerprint density at radius 3 is 2.18 bits per heavy atom. The maximum atomic E-state index is 12.3. The highest BCUT2D eigenvalue weighted by Gasteiger charge is 2.32. The van der Waals surface area contributed by atoms with Crippen molar-refractivity contribution in [2.24, 2.45) is 5.73 Å². The maximum absolute atomic E-state index is 12.3. The van der Waals surface area contributed by atoms with Gasteiger partial charge in [0.05, 0.1) is 12.7 Å². The molecule has 0 radical (unpaired) electrons. The zero-order valence-electron chi connectivity index (χ0n) is 18.8. The van der Waals surface area contributed by atoms with Gasteiger partial charge in [-0.15, -0.1) is 0 Å². The van der Waals surface area contributed by atoms with E-state index < -0.39 is 32.0 Å². The molecule has 0 aliphatic heterocycles. The number of nitrogens with one attached hydrogen (secondary N) is 1. The first-order valence-corrected chi connectivity index (χ1v) is 12.3. The van der Waals surface area contributed by atoms with Gasteiger partial charge in [0.1, 0.15) is 5.54 Å². The summed E-state index contributed by atoms with van der Waals surface area (Å²) in [6.07, 6.45) is 0.576. The van der Waals surface area contributed by atoms with Crippen LogP contribution < -0.4 is 11.1 Å². The Bertz CT molecular complexity index is 1130. The first-order chi connectivity index (χ1) is 16.0. The first kappa shape index (κ1) is 25.8. The Morgan fingerprint density at radius 1 is 1.00 bits per heavy atom. The molecule has 2 atom stereocenters. The molecule has 3 rings (SSSR count). The van der Waals surface area contributed by atoms with E-state index in [4.69, 9.17) is 15.5 Å². The average Bonchev–Trinajstić information content (AvgIpc) is 2.82. The topological polar surface area (TPSA) is 142 Å². The van der Waals surface area contributed by atoms with E-state index in [9.17, 15) is 14.5 Å². The second-order valence-electron chi connectivity index (χ2n) is 8.38. The van der Waals surface area contributed by atoms with Crippen molar-refractivity contribution in [3.8, 4) is 11.1 Å². The van der Waals surface area contributed by atoms with Crippen LogP contribution >= 0.6 is 7.82 Å². The average molecular weight is 484 g/mol. The predicted molar refractivity (Wildman–Crippen MR) is 131 cm³/mol. The number of aryl methyl sites for hydroxylation is 1. The van der Waals surface area contributed by atoms with Crippen molar-refractivity contribution in [2.75, 3.05) is 11.9 Å². The van der Waals surface area contributed by atoms with E-state index in [1.807, 2.05) is 18.2 Å². The lowest BCUT2D eigenvalue weighted by Gasteiger charge is -2.23. The van der Waals surface area contributed by atoms with Crippen molar-refractivity contribution in [3.63, 3.8) is 0 Å². The van der Waals surface area contributed by atoms with Crippen LogP contribution in [0.3, 0.4) is 0 Å². The number of carbonyl (C=O) groups is 1. The molecule has 3 aromatic carbocycles. The van der Waals surface area contributed by atoms with Crippen molar-refractivity contribution < 1.29 is 28.8 Å². The third-order valence-corrected chi connectivity index (χ3v) is 5.84. The van der Waals surface area contributed by atoms with Gasteiger partial charge in [-0.05, 0) is 54.2 Å². The van der Waals surface area contributed by atoms with E-state index in [1.165, 1.54) is 6.92 Å². The van der Waals surface area contributed by atoms with Crippen LogP contribution in [0, 0.1) is 0 Å². The molecule has 0 aliphatic rings. The minimum atomic E-state index is -4.74. The van der Waals surface area contributed by atoms with E-state index in [-0.39, 0.29) is 0 Å². The summed E-state index contributed by atoms with van der Waals surface area (Å²) in [5.41, 5.74) is 8.74. The zero-order chi connectivity index (χ0) is 24.8. The molecule has 0 saturated carbocycles. The molecular weight excluding hydrogens is 455 g/mol. The summed E-state index contributed by atoms with van der Waals surface area (Å²) in [7, 11) is -4.74. The van der Waals surface area contributed by atoms with Crippen molar-refractivity contribution in [2.45, 2.75) is 31.4 Å². The van der Waals surface area contributed by atoms with Gasteiger partial charge in [-0.1, -0.05) is 66.7 Å². The molecule has 0 aromatic heterocycles. The fourth-order valence-corrected chi connectivity index (χ4v) is 3.75. The smallest absolute Gasteiger partial charge is 0.388 e. The van der Waals surface area contributed by atoms with Crippen LogP contribution in [0.4, 0.5) is 5.69 Å². The molecule has 1 unspecified atom stereocenters. The van der Waals surface area contributed by atoms with Crippen molar-refractivity contribution >= 4 is 19.4 Å². The Morgan fingerprint density at radius 2 is 1.59 bits per heavy atom. The monoisotopic (exact) mass is 484 g/mol. The van der Waals surface area contributed by atoms with Gasteiger partial charge in [-0.2, -0.15) is 0 Å². The van der Waals surface area contributed by atoms with E-state index in [2.05, 4.69) is 46.2 Å². The second kappa shape index (κ2) is 11.1. The summed E-state index contributed by atoms with van der Waals surface area (Å²) in [6.45, 7) is 0.661. The number of aliphatic hydroxyl groups is 1. The molecule has 34 heavy (non-hydrogen) atoms. The number of aliphatic hydroxyl groups excluding tert-OH is 1. The van der Waals surface area contributed by atoms with Crippen LogP contribution in [-0.2, 0) is 20.3 Å². The SMILES string of the molecule is C[C@](N)(COP(=O)(O)O)C(=O)Nc1ccc(C(O)CCc2ccc(-c3ccccc3)cc2)cc1. The fourth-order valence-electron chi connectivity index (χ4n) is 3.31. The summed E-state index contributed by atoms with van der Waals surface area (Å²) in [4.78, 5) is 29.9. The predicted octanol–water partition coefficient (Wildman–Crippen LogP) is 3.79. The minimum absolute atomic E-state index is 0.435. The summed E-state index contributed by atoms with van der Waals surface area (Å²) in [6, 6.07) is 25.1. The molecule has 0 fully saturated rings. The largest absolute Gasteiger partial charge is 0.469 e. The van der Waals surface area contributed by atoms with Crippen molar-refractivity contribution in [1.29, 1.82) is 0 Å². The standard InChI is InChI=1S/C25H29N2O6P/c1-25(26,17-33-34(30,31)32)24(29)27-22-14-12-21(13-15-22)23(28)16-9-18-7-10-20(11-8-18)19-5-3-2-4-6-19/h2-8,10-15,23,28H,9,16-17,26H2,1H3,(H,27,29)(H2,30,31,32)/t23?,25-/m0/s1. The lowest BCUT2D eigenvalue weighted by Crippen LogP contribution is -2.52. The number of amides is 1. The van der Waals surface area contributed by atoms with Gasteiger partial charge in [0.25, 0.3) is 0 Å². The quantitative estimate of drug-likeness (QED) is 0.276. The first-order valence-electron chi connectivity index (χ1n) is 10.8. The molecule has 0 spiro atoms. The summed E-state index contributed by atoms with van der Waals surface area (Å²) >= 11 is 0. The van der Waals surface area contributed by atoms with E-state index in [0.29, 0.717) is 24.1 Å². The molecule has 9 heteroatoms. The third kappa shape index (κ3) is 7.60. The Kier molecular flexibility index (Phi) is 8.38. The number of carbonyl (C=O) groups excluding carboxylic acids is 1. The van der Waals surface area contributed by atoms with Crippen LogP contribution in [0.1, 0.15) is 30.6 Å². The van der Waals surface area contributed by atoms with Crippen LogP contribution in [0.5, 0.6) is 0 Å². The van der Waals surface area contributed by atoms with Gasteiger partial charge in [0.2, 0.25) is 5.91 Å². The van der Waals surface area contributed by atoms with Crippen LogP contribution in [0.25, 0.3) is 11.1 Å². The molecular formula is C25H29N2O6P. The highest BCUT2D eigenvalue weighted by molar-refractivity contribution is 7.46. The normalized spacial score (nSPS) is 14.3. The van der Waals surface area contributed by atoms with E-state index in [0.717, 1.165) is 16.7 Å². The third-order valence-electron chi connectivity index (χ3n) is 5.37. The number of anilines is 1. The molecule has 1 amide bonds. The lowest BCUT2D eigenvalue weighted by molar-refractivity contribution is -0.121. The highest BCUT2D eigenvalue weighted by atomic mass is 31.2. The number of phosphoric ester groups is 1. The molecule has 0 heterocycles. The van der Waals surface area contributed by atoms with Gasteiger partial charge in [0, 0.05) is 5.69 Å². The van der Waals surface area contributed by atoms with Crippen LogP contribution in [-0.4, -0.2) is 32.9 Å². The van der Waals surface area contributed by atoms with E-state index >= 15 is 0 Å². The summed E-state index contributed by atoms with van der Waals surface area (Å²) in [5, 5.41) is 13.1. The summed E-state index contributed by atoms with van der Waals surface area (Å²) in [5.74, 6) is -0.659. The zero-order valence-corrected chi connectivity index (χ0v) is 19.7. The van der Waals surface area contributed by atoms with Crippen LogP contribution in [0.2, 0.25) is 0 Å². The number of benzene rings is 3. The Balaban J connectivity index is 1.52. The lowest BCUT2D eigenvalue weighted by atomic mass is 9.99. The van der Waals surface area contributed by atoms with Gasteiger partial charge in [-0.25, -0.2) is 4.57 Å². The number of nitrogens with two attached hydrogens (primary N) is 1.